The normalized spacial score (nSPS) is 12.6. The number of hydrogen-bond donors (Lipinski definition) is 0. The van der Waals surface area contributed by atoms with Crippen molar-refractivity contribution in [1.29, 1.82) is 0 Å². The molecular weight excluding hydrogens is 474 g/mol. The van der Waals surface area contributed by atoms with Crippen molar-refractivity contribution < 1.29 is 4.74 Å². The third-order valence-corrected chi connectivity index (χ3v) is 5.26. The van der Waals surface area contributed by atoms with Gasteiger partial charge in [-0.1, -0.05) is 22.9 Å². The smallest absolute Gasteiger partial charge is 0.282 e. The highest BCUT2D eigenvalue weighted by Gasteiger charge is 2.09. The number of aryl methyl sites for hydroxylation is 1. The average molecular weight is 493 g/mol. The van der Waals surface area contributed by atoms with Crippen LogP contribution in [-0.4, -0.2) is 22.0 Å². The molecule has 0 amide bonds. The van der Waals surface area contributed by atoms with Gasteiger partial charge in [-0.3, -0.25) is 4.79 Å². The average Bonchev–Trinajstić information content (AvgIpc) is 2.64. The molecule has 1 heterocycles. The van der Waals surface area contributed by atoms with Crippen LogP contribution in [0.4, 0.5) is 0 Å². The fourth-order valence-electron chi connectivity index (χ4n) is 2.51. The molecule has 3 aromatic rings. The molecule has 140 valence electrons. The number of aromatic nitrogens is 2. The number of nitrogens with zero attached hydrogens (tertiary/aromatic N) is 3. The molecule has 0 saturated carbocycles. The first kappa shape index (κ1) is 19.8. The van der Waals surface area contributed by atoms with Crippen molar-refractivity contribution in [2.75, 3.05) is 0 Å². The van der Waals surface area contributed by atoms with E-state index in [0.29, 0.717) is 16.7 Å². The van der Waals surface area contributed by atoms with Crippen molar-refractivity contribution in [3.63, 3.8) is 0 Å². The van der Waals surface area contributed by atoms with Gasteiger partial charge in [0.15, 0.2) is 0 Å². The van der Waals surface area contributed by atoms with Gasteiger partial charge in [0.2, 0.25) is 0 Å². The van der Waals surface area contributed by atoms with Crippen molar-refractivity contribution >= 4 is 49.0 Å². The first-order valence-corrected chi connectivity index (χ1v) is 10.2. The lowest BCUT2D eigenvalue weighted by atomic mass is 10.2. The van der Waals surface area contributed by atoms with Gasteiger partial charge in [-0.05, 0) is 78.2 Å². The van der Waals surface area contributed by atoms with Crippen LogP contribution in [0.2, 0.25) is 0 Å². The zero-order chi connectivity index (χ0) is 19.6. The Labute approximate surface area is 174 Å². The molecule has 7 heteroatoms. The van der Waals surface area contributed by atoms with E-state index in [1.165, 1.54) is 4.68 Å². The van der Waals surface area contributed by atoms with Gasteiger partial charge >= 0.3 is 0 Å². The Morgan fingerprint density at radius 3 is 2.74 bits per heavy atom. The fraction of sp³-hybridized carbons (Fsp3) is 0.250. The molecule has 0 saturated heterocycles. The Morgan fingerprint density at radius 1 is 1.26 bits per heavy atom. The Balaban J connectivity index is 1.94. The number of rotatable bonds is 5. The molecular formula is C20H19Br2N3O2. The minimum Gasteiger partial charge on any atom is -0.490 e. The van der Waals surface area contributed by atoms with E-state index in [9.17, 15) is 4.79 Å². The van der Waals surface area contributed by atoms with Gasteiger partial charge in [0.1, 0.15) is 11.6 Å². The zero-order valence-corrected chi connectivity index (χ0v) is 18.4. The lowest BCUT2D eigenvalue weighted by molar-refractivity contribution is 0.216. The van der Waals surface area contributed by atoms with E-state index in [-0.39, 0.29) is 11.7 Å². The van der Waals surface area contributed by atoms with E-state index < -0.39 is 0 Å². The maximum Gasteiger partial charge on any atom is 0.282 e. The number of halogens is 2. The Morgan fingerprint density at radius 2 is 2.04 bits per heavy atom. The van der Waals surface area contributed by atoms with Crippen molar-refractivity contribution in [2.24, 2.45) is 5.10 Å². The van der Waals surface area contributed by atoms with Crippen molar-refractivity contribution in [3.05, 3.63) is 67.1 Å². The second kappa shape index (κ2) is 8.35. The molecule has 27 heavy (non-hydrogen) atoms. The standard InChI is InChI=1S/C20H19Br2N3O2/c1-4-12(2)27-19-8-5-14(9-17(19)22)11-23-25-13(3)24-18-7-6-15(21)10-16(18)20(25)26/h5-12H,4H2,1-3H3/t12-/m1/s1. The highest BCUT2D eigenvalue weighted by atomic mass is 79.9. The van der Waals surface area contributed by atoms with Crippen LogP contribution in [0, 0.1) is 6.92 Å². The van der Waals surface area contributed by atoms with E-state index in [1.807, 2.05) is 37.3 Å². The van der Waals surface area contributed by atoms with E-state index in [0.717, 1.165) is 26.7 Å². The predicted molar refractivity (Wildman–Crippen MR) is 116 cm³/mol. The van der Waals surface area contributed by atoms with Crippen molar-refractivity contribution in [2.45, 2.75) is 33.3 Å². The predicted octanol–water partition coefficient (Wildman–Crippen LogP) is 5.29. The minimum absolute atomic E-state index is 0.144. The molecule has 0 aliphatic heterocycles. The van der Waals surface area contributed by atoms with E-state index in [4.69, 9.17) is 4.74 Å². The largest absolute Gasteiger partial charge is 0.490 e. The van der Waals surface area contributed by atoms with Crippen LogP contribution in [0.3, 0.4) is 0 Å². The first-order chi connectivity index (χ1) is 12.9. The second-order valence-corrected chi connectivity index (χ2v) is 7.98. The SMILES string of the molecule is CC[C@@H](C)Oc1ccc(C=Nn2c(C)nc3ccc(Br)cc3c2=O)cc1Br. The topological polar surface area (TPSA) is 56.5 Å². The molecule has 0 N–H and O–H groups in total. The van der Waals surface area contributed by atoms with Crippen LogP contribution < -0.4 is 10.3 Å². The molecule has 0 spiro atoms. The Bertz CT molecular complexity index is 1080. The van der Waals surface area contributed by atoms with Crippen LogP contribution in [0.5, 0.6) is 5.75 Å². The van der Waals surface area contributed by atoms with Crippen LogP contribution in [0.25, 0.3) is 10.9 Å². The maximum absolute atomic E-state index is 12.8. The number of hydrogen-bond acceptors (Lipinski definition) is 4. The van der Waals surface area contributed by atoms with E-state index in [1.54, 1.807) is 19.2 Å². The minimum atomic E-state index is -0.203. The van der Waals surface area contributed by atoms with Gasteiger partial charge in [-0.15, -0.1) is 0 Å². The van der Waals surface area contributed by atoms with Gasteiger partial charge in [0, 0.05) is 4.47 Å². The summed E-state index contributed by atoms with van der Waals surface area (Å²) < 4.78 is 8.83. The highest BCUT2D eigenvalue weighted by Crippen LogP contribution is 2.27. The Hall–Kier alpha value is -1.99. The van der Waals surface area contributed by atoms with Crippen LogP contribution in [0.15, 0.2) is 55.2 Å². The van der Waals surface area contributed by atoms with Crippen molar-refractivity contribution in [3.8, 4) is 5.75 Å². The summed E-state index contributed by atoms with van der Waals surface area (Å²) >= 11 is 6.92. The third kappa shape index (κ3) is 4.47. The zero-order valence-electron chi connectivity index (χ0n) is 15.2. The van der Waals surface area contributed by atoms with Gasteiger partial charge in [0.05, 0.1) is 27.7 Å². The van der Waals surface area contributed by atoms with Crippen molar-refractivity contribution in [1.82, 2.24) is 9.66 Å². The first-order valence-electron chi connectivity index (χ1n) is 8.58. The van der Waals surface area contributed by atoms with Gasteiger partial charge in [0.25, 0.3) is 5.56 Å². The second-order valence-electron chi connectivity index (χ2n) is 6.21. The van der Waals surface area contributed by atoms with Gasteiger partial charge in [-0.2, -0.15) is 9.78 Å². The third-order valence-electron chi connectivity index (χ3n) is 4.15. The van der Waals surface area contributed by atoms with Gasteiger partial charge in [-0.25, -0.2) is 4.98 Å². The summed E-state index contributed by atoms with van der Waals surface area (Å²) in [4.78, 5) is 17.2. The molecule has 0 unspecified atom stereocenters. The lowest BCUT2D eigenvalue weighted by Gasteiger charge is -2.14. The van der Waals surface area contributed by atoms with Crippen LogP contribution in [-0.2, 0) is 0 Å². The molecule has 0 radical (unpaired) electrons. The summed E-state index contributed by atoms with van der Waals surface area (Å²) in [6, 6.07) is 11.1. The molecule has 1 aromatic heterocycles. The molecule has 0 aliphatic carbocycles. The summed E-state index contributed by atoms with van der Waals surface area (Å²) in [7, 11) is 0. The van der Waals surface area contributed by atoms with E-state index >= 15 is 0 Å². The highest BCUT2D eigenvalue weighted by molar-refractivity contribution is 9.10. The molecule has 0 bridgehead atoms. The Kier molecular flexibility index (Phi) is 6.11. The quantitative estimate of drug-likeness (QED) is 0.454. The molecule has 1 atom stereocenters. The number of benzene rings is 2. The van der Waals surface area contributed by atoms with Gasteiger partial charge < -0.3 is 4.74 Å². The molecule has 0 fully saturated rings. The molecule has 2 aromatic carbocycles. The summed E-state index contributed by atoms with van der Waals surface area (Å²) in [5, 5.41) is 4.86. The summed E-state index contributed by atoms with van der Waals surface area (Å²) in [5.41, 5.74) is 1.30. The van der Waals surface area contributed by atoms with Crippen LogP contribution in [0.1, 0.15) is 31.7 Å². The maximum atomic E-state index is 12.8. The number of fused-ring (bicyclic) bond motifs is 1. The monoisotopic (exact) mass is 491 g/mol. The lowest BCUT2D eigenvalue weighted by Crippen LogP contribution is -2.20. The van der Waals surface area contributed by atoms with E-state index in [2.05, 4.69) is 48.9 Å². The number of ether oxygens (including phenoxy) is 1. The molecule has 5 nitrogen and oxygen atoms in total. The molecule has 0 aliphatic rings. The summed E-state index contributed by atoms with van der Waals surface area (Å²) in [6.07, 6.45) is 2.71. The van der Waals surface area contributed by atoms with Crippen LogP contribution >= 0.6 is 31.9 Å². The molecule has 3 rings (SSSR count). The summed E-state index contributed by atoms with van der Waals surface area (Å²) in [5.74, 6) is 1.31. The fourth-order valence-corrected chi connectivity index (χ4v) is 3.36. The summed E-state index contributed by atoms with van der Waals surface area (Å²) in [6.45, 7) is 5.87.